The van der Waals surface area contributed by atoms with Crippen LogP contribution in [0.15, 0.2) is 18.5 Å². The number of Topliss-reactive ketones (excluding diaryl/α,β-unsaturated/α-hetero) is 1. The van der Waals surface area contributed by atoms with Gasteiger partial charge >= 0.3 is 0 Å². The van der Waals surface area contributed by atoms with E-state index in [4.69, 9.17) is 16.9 Å². The average Bonchev–Trinajstić information content (AvgIpc) is 2.19. The van der Waals surface area contributed by atoms with E-state index in [1.165, 1.54) is 0 Å². The molecule has 1 saturated carbocycles. The van der Waals surface area contributed by atoms with Crippen molar-refractivity contribution < 1.29 is 4.79 Å². The van der Waals surface area contributed by atoms with Crippen LogP contribution in [0.1, 0.15) is 31.2 Å². The summed E-state index contributed by atoms with van der Waals surface area (Å²) in [6.45, 7) is 0. The van der Waals surface area contributed by atoms with Gasteiger partial charge in [-0.25, -0.2) is 0 Å². The first kappa shape index (κ1) is 11.1. The number of hydrogen-bond acceptors (Lipinski definition) is 3. The molecule has 3 nitrogen and oxygen atoms in total. The molecule has 0 radical (unpaired) electrons. The van der Waals surface area contributed by atoms with Gasteiger partial charge in [-0.05, 0) is 18.9 Å². The molecule has 16 heavy (non-hydrogen) atoms. The number of aromatic nitrogens is 1. The van der Waals surface area contributed by atoms with Gasteiger partial charge in [0.2, 0.25) is 0 Å². The molecule has 1 fully saturated rings. The third-order valence-corrected chi connectivity index (χ3v) is 3.59. The lowest BCUT2D eigenvalue weighted by Crippen LogP contribution is -2.42. The Balaban J connectivity index is 2.40. The molecule has 1 aliphatic rings. The number of rotatable bonds is 3. The molecular formula is C12H11ClN2O. The molecule has 0 unspecified atom stereocenters. The first-order valence-corrected chi connectivity index (χ1v) is 5.59. The fraction of sp³-hybridized carbons (Fsp3) is 0.417. The zero-order valence-electron chi connectivity index (χ0n) is 8.74. The highest BCUT2D eigenvalue weighted by molar-refractivity contribution is 6.31. The van der Waals surface area contributed by atoms with Gasteiger partial charge in [0.1, 0.15) is 0 Å². The summed E-state index contributed by atoms with van der Waals surface area (Å²) >= 11 is 6.09. The molecule has 0 saturated heterocycles. The molecule has 1 aliphatic carbocycles. The van der Waals surface area contributed by atoms with Crippen LogP contribution in [-0.2, 0) is 10.2 Å². The van der Waals surface area contributed by atoms with E-state index in [0.717, 1.165) is 24.8 Å². The maximum Gasteiger partial charge on any atom is 0.157 e. The van der Waals surface area contributed by atoms with Crippen molar-refractivity contribution >= 4 is 17.4 Å². The van der Waals surface area contributed by atoms with E-state index in [0.29, 0.717) is 5.02 Å². The molecule has 0 amide bonds. The summed E-state index contributed by atoms with van der Waals surface area (Å²) in [5.41, 5.74) is 0.240. The highest BCUT2D eigenvalue weighted by Crippen LogP contribution is 2.47. The normalized spacial score (nSPS) is 17.2. The van der Waals surface area contributed by atoms with Crippen LogP contribution >= 0.6 is 11.6 Å². The number of hydrogen-bond donors (Lipinski definition) is 0. The van der Waals surface area contributed by atoms with Crippen molar-refractivity contribution in [2.45, 2.75) is 31.1 Å². The average molecular weight is 235 g/mol. The molecule has 0 N–H and O–H groups in total. The first-order chi connectivity index (χ1) is 7.70. The Bertz CT molecular complexity index is 460. The van der Waals surface area contributed by atoms with Crippen molar-refractivity contribution in [2.75, 3.05) is 0 Å². The number of carbonyl (C=O) groups excluding carboxylic acids is 1. The van der Waals surface area contributed by atoms with E-state index in [2.05, 4.69) is 4.98 Å². The first-order valence-electron chi connectivity index (χ1n) is 5.21. The zero-order chi connectivity index (χ0) is 11.6. The number of ketones is 1. The van der Waals surface area contributed by atoms with Gasteiger partial charge in [0.15, 0.2) is 5.78 Å². The zero-order valence-corrected chi connectivity index (χ0v) is 9.50. The van der Waals surface area contributed by atoms with Crippen molar-refractivity contribution in [2.24, 2.45) is 0 Å². The predicted molar refractivity (Wildman–Crippen MR) is 60.0 cm³/mol. The second-order valence-corrected chi connectivity index (χ2v) is 4.46. The fourth-order valence-electron chi connectivity index (χ4n) is 2.20. The van der Waals surface area contributed by atoms with Gasteiger partial charge in [-0.3, -0.25) is 9.78 Å². The second kappa shape index (κ2) is 4.23. The Morgan fingerprint density at radius 1 is 1.62 bits per heavy atom. The van der Waals surface area contributed by atoms with Crippen molar-refractivity contribution in [3.8, 4) is 6.07 Å². The lowest BCUT2D eigenvalue weighted by molar-refractivity contribution is -0.126. The highest BCUT2D eigenvalue weighted by Gasteiger charge is 2.46. The summed E-state index contributed by atoms with van der Waals surface area (Å²) in [6.07, 6.45) is 5.76. The fourth-order valence-corrected chi connectivity index (χ4v) is 2.49. The number of halogens is 1. The van der Waals surface area contributed by atoms with Gasteiger partial charge in [0, 0.05) is 23.0 Å². The molecule has 1 aromatic heterocycles. The van der Waals surface area contributed by atoms with E-state index >= 15 is 0 Å². The standard InChI is InChI=1S/C12H11ClN2O/c13-10-3-7-15-8-9(10)12(4-1-5-12)11(16)2-6-14/h3,7-8H,1-2,4-5H2. The smallest absolute Gasteiger partial charge is 0.157 e. The van der Waals surface area contributed by atoms with Gasteiger partial charge in [0.05, 0.1) is 17.9 Å². The summed E-state index contributed by atoms with van der Waals surface area (Å²) in [6, 6.07) is 3.61. The Morgan fingerprint density at radius 2 is 2.38 bits per heavy atom. The minimum atomic E-state index is -0.541. The molecule has 0 atom stereocenters. The maximum atomic E-state index is 12.0. The van der Waals surface area contributed by atoms with Crippen LogP contribution in [0.4, 0.5) is 0 Å². The Labute approximate surface area is 99.1 Å². The van der Waals surface area contributed by atoms with Crippen molar-refractivity contribution in [3.05, 3.63) is 29.0 Å². The quantitative estimate of drug-likeness (QED) is 0.808. The molecule has 1 aromatic rings. The van der Waals surface area contributed by atoms with Gasteiger partial charge in [0.25, 0.3) is 0 Å². The van der Waals surface area contributed by atoms with Gasteiger partial charge < -0.3 is 0 Å². The van der Waals surface area contributed by atoms with Crippen LogP contribution in [0, 0.1) is 11.3 Å². The van der Waals surface area contributed by atoms with E-state index in [9.17, 15) is 4.79 Å². The molecule has 82 valence electrons. The maximum absolute atomic E-state index is 12.0. The van der Waals surface area contributed by atoms with E-state index < -0.39 is 5.41 Å². The highest BCUT2D eigenvalue weighted by atomic mass is 35.5. The number of carbonyl (C=O) groups is 1. The van der Waals surface area contributed by atoms with Crippen LogP contribution in [0.5, 0.6) is 0 Å². The Hall–Kier alpha value is -1.40. The summed E-state index contributed by atoms with van der Waals surface area (Å²) in [7, 11) is 0. The van der Waals surface area contributed by atoms with Crippen LogP contribution in [0.3, 0.4) is 0 Å². The molecular weight excluding hydrogens is 224 g/mol. The van der Waals surface area contributed by atoms with Crippen molar-refractivity contribution in [1.29, 1.82) is 5.26 Å². The van der Waals surface area contributed by atoms with Crippen LogP contribution in [0.2, 0.25) is 5.02 Å². The van der Waals surface area contributed by atoms with Crippen LogP contribution < -0.4 is 0 Å². The van der Waals surface area contributed by atoms with Gasteiger partial charge in [-0.2, -0.15) is 5.26 Å². The number of pyridine rings is 1. The SMILES string of the molecule is N#CCC(=O)C1(c2cnccc2Cl)CCC1. The molecule has 1 heterocycles. The monoisotopic (exact) mass is 234 g/mol. The molecule has 0 bridgehead atoms. The van der Waals surface area contributed by atoms with E-state index in [1.54, 1.807) is 18.5 Å². The molecule has 2 rings (SSSR count). The number of nitrogens with zero attached hydrogens (tertiary/aromatic N) is 2. The third-order valence-electron chi connectivity index (χ3n) is 3.26. The Morgan fingerprint density at radius 3 is 2.88 bits per heavy atom. The Kier molecular flexibility index (Phi) is 2.93. The molecule has 4 heteroatoms. The second-order valence-electron chi connectivity index (χ2n) is 4.05. The van der Waals surface area contributed by atoms with Gasteiger partial charge in [-0.1, -0.05) is 18.0 Å². The summed E-state index contributed by atoms with van der Waals surface area (Å²) in [5.74, 6) is -0.0313. The van der Waals surface area contributed by atoms with Crippen molar-refractivity contribution in [3.63, 3.8) is 0 Å². The summed E-state index contributed by atoms with van der Waals surface area (Å²) in [5, 5.41) is 9.19. The topological polar surface area (TPSA) is 53.8 Å². The molecule has 0 spiro atoms. The largest absolute Gasteiger partial charge is 0.298 e. The number of nitriles is 1. The van der Waals surface area contributed by atoms with Crippen molar-refractivity contribution in [1.82, 2.24) is 4.98 Å². The minimum absolute atomic E-state index is 0.0313. The lowest BCUT2D eigenvalue weighted by Gasteiger charge is -2.40. The molecule has 0 aromatic carbocycles. The van der Waals surface area contributed by atoms with Crippen LogP contribution in [-0.4, -0.2) is 10.8 Å². The summed E-state index contributed by atoms with van der Waals surface area (Å²) < 4.78 is 0. The molecule has 0 aliphatic heterocycles. The van der Waals surface area contributed by atoms with Gasteiger partial charge in [-0.15, -0.1) is 0 Å². The minimum Gasteiger partial charge on any atom is -0.298 e. The third kappa shape index (κ3) is 1.60. The lowest BCUT2D eigenvalue weighted by atomic mass is 9.61. The van der Waals surface area contributed by atoms with Crippen LogP contribution in [0.25, 0.3) is 0 Å². The predicted octanol–water partition coefficient (Wildman–Crippen LogP) is 2.64. The summed E-state index contributed by atoms with van der Waals surface area (Å²) in [4.78, 5) is 16.0. The van der Waals surface area contributed by atoms with E-state index in [-0.39, 0.29) is 12.2 Å². The van der Waals surface area contributed by atoms with E-state index in [1.807, 2.05) is 6.07 Å².